The van der Waals surface area contributed by atoms with E-state index in [9.17, 15) is 4.79 Å². The van der Waals surface area contributed by atoms with Gasteiger partial charge in [0.2, 0.25) is 0 Å². The van der Waals surface area contributed by atoms with Crippen LogP contribution in [-0.2, 0) is 0 Å². The van der Waals surface area contributed by atoms with Gasteiger partial charge in [0.25, 0.3) is 0 Å². The maximum atomic E-state index is 12.2. The monoisotopic (exact) mass is 374 g/mol. The minimum absolute atomic E-state index is 0.147. The normalized spacial score (nSPS) is 10.9. The molecule has 1 heterocycles. The van der Waals surface area contributed by atoms with Crippen LogP contribution in [-0.4, -0.2) is 5.78 Å². The van der Waals surface area contributed by atoms with Crippen LogP contribution in [0.3, 0.4) is 0 Å². The van der Waals surface area contributed by atoms with Gasteiger partial charge in [0.1, 0.15) is 11.5 Å². The Labute approximate surface area is 153 Å². The molecular formula is C19H12Cl2O2S. The maximum Gasteiger partial charge on any atom is 0.187 e. The predicted molar refractivity (Wildman–Crippen MR) is 101 cm³/mol. The van der Waals surface area contributed by atoms with Gasteiger partial charge in [-0.3, -0.25) is 4.79 Å². The van der Waals surface area contributed by atoms with E-state index >= 15 is 0 Å². The van der Waals surface area contributed by atoms with Gasteiger partial charge in [0.15, 0.2) is 5.78 Å². The van der Waals surface area contributed by atoms with Crippen molar-refractivity contribution in [3.8, 4) is 11.5 Å². The molecule has 0 spiro atoms. The summed E-state index contributed by atoms with van der Waals surface area (Å²) in [6, 6.07) is 15.9. The maximum absolute atomic E-state index is 12.2. The molecule has 0 fully saturated rings. The Hall–Kier alpha value is -2.07. The molecule has 0 aliphatic rings. The lowest BCUT2D eigenvalue weighted by Crippen LogP contribution is -1.96. The molecule has 0 unspecified atom stereocenters. The predicted octanol–water partition coefficient (Wildman–Crippen LogP) is 6.74. The Balaban J connectivity index is 1.74. The van der Waals surface area contributed by atoms with E-state index in [0.717, 1.165) is 4.88 Å². The van der Waals surface area contributed by atoms with Gasteiger partial charge in [0.05, 0.1) is 5.02 Å². The molecule has 120 valence electrons. The molecule has 0 radical (unpaired) electrons. The number of halogens is 2. The van der Waals surface area contributed by atoms with Crippen molar-refractivity contribution in [2.45, 2.75) is 0 Å². The fourth-order valence-corrected chi connectivity index (χ4v) is 3.04. The van der Waals surface area contributed by atoms with Crippen LogP contribution in [0.2, 0.25) is 10.0 Å². The highest BCUT2D eigenvalue weighted by atomic mass is 35.5. The Kier molecular flexibility index (Phi) is 5.36. The van der Waals surface area contributed by atoms with Gasteiger partial charge in [-0.2, -0.15) is 0 Å². The standard InChI is InChI=1S/C19H12Cl2O2S/c20-13-3-5-14(6-4-13)23-15-7-9-17(18(21)12-15)19(22)10-8-16-2-1-11-24-16/h1-12H. The highest BCUT2D eigenvalue weighted by molar-refractivity contribution is 7.10. The molecule has 0 bridgehead atoms. The largest absolute Gasteiger partial charge is 0.457 e. The Bertz CT molecular complexity index is 869. The van der Waals surface area contributed by atoms with Gasteiger partial charge in [-0.05, 0) is 60.0 Å². The Morgan fingerprint density at radius 2 is 1.75 bits per heavy atom. The van der Waals surface area contributed by atoms with Crippen LogP contribution in [0.25, 0.3) is 6.08 Å². The molecule has 0 saturated heterocycles. The summed E-state index contributed by atoms with van der Waals surface area (Å²) in [5, 5.41) is 2.95. The average Bonchev–Trinajstić information content (AvgIpc) is 3.08. The summed E-state index contributed by atoms with van der Waals surface area (Å²) < 4.78 is 5.70. The molecule has 5 heteroatoms. The SMILES string of the molecule is O=C(C=Cc1cccs1)c1ccc(Oc2ccc(Cl)cc2)cc1Cl. The van der Waals surface area contributed by atoms with E-state index in [2.05, 4.69) is 0 Å². The van der Waals surface area contributed by atoms with Crippen molar-refractivity contribution in [1.29, 1.82) is 0 Å². The molecule has 0 atom stereocenters. The topological polar surface area (TPSA) is 26.3 Å². The van der Waals surface area contributed by atoms with Crippen LogP contribution in [0.1, 0.15) is 15.2 Å². The number of carbonyl (C=O) groups excluding carboxylic acids is 1. The van der Waals surface area contributed by atoms with Gasteiger partial charge in [-0.25, -0.2) is 0 Å². The summed E-state index contributed by atoms with van der Waals surface area (Å²) in [6.45, 7) is 0. The van der Waals surface area contributed by atoms with E-state index in [1.54, 1.807) is 59.9 Å². The molecule has 24 heavy (non-hydrogen) atoms. The van der Waals surface area contributed by atoms with Crippen molar-refractivity contribution in [3.05, 3.63) is 86.5 Å². The number of benzene rings is 2. The lowest BCUT2D eigenvalue weighted by molar-refractivity contribution is 0.104. The first-order valence-corrected chi connectivity index (χ1v) is 8.74. The fourth-order valence-electron chi connectivity index (χ4n) is 2.03. The van der Waals surface area contributed by atoms with Crippen molar-refractivity contribution in [1.82, 2.24) is 0 Å². The fraction of sp³-hybridized carbons (Fsp3) is 0. The second kappa shape index (κ2) is 7.67. The van der Waals surface area contributed by atoms with Crippen molar-refractivity contribution in [2.24, 2.45) is 0 Å². The first kappa shape index (κ1) is 16.8. The highest BCUT2D eigenvalue weighted by Crippen LogP contribution is 2.28. The third-order valence-electron chi connectivity index (χ3n) is 3.20. The lowest BCUT2D eigenvalue weighted by Gasteiger charge is -2.07. The van der Waals surface area contributed by atoms with Gasteiger partial charge < -0.3 is 4.74 Å². The number of carbonyl (C=O) groups is 1. The Morgan fingerprint density at radius 1 is 1.00 bits per heavy atom. The first-order chi connectivity index (χ1) is 11.6. The molecule has 2 aromatic carbocycles. The van der Waals surface area contributed by atoms with Crippen molar-refractivity contribution >= 4 is 46.4 Å². The van der Waals surface area contributed by atoms with E-state index in [0.29, 0.717) is 27.1 Å². The lowest BCUT2D eigenvalue weighted by atomic mass is 10.1. The summed E-state index contributed by atoms with van der Waals surface area (Å²) in [5.41, 5.74) is 0.438. The number of allylic oxidation sites excluding steroid dienone is 1. The molecule has 3 aromatic rings. The van der Waals surface area contributed by atoms with Crippen molar-refractivity contribution in [3.63, 3.8) is 0 Å². The minimum Gasteiger partial charge on any atom is -0.457 e. The number of ether oxygens (including phenoxy) is 1. The van der Waals surface area contributed by atoms with Crippen LogP contribution in [0, 0.1) is 0 Å². The zero-order chi connectivity index (χ0) is 16.9. The molecule has 3 rings (SSSR count). The van der Waals surface area contributed by atoms with Crippen LogP contribution < -0.4 is 4.74 Å². The summed E-state index contributed by atoms with van der Waals surface area (Å²) in [7, 11) is 0. The molecular weight excluding hydrogens is 363 g/mol. The number of hydrogen-bond acceptors (Lipinski definition) is 3. The first-order valence-electron chi connectivity index (χ1n) is 7.11. The average molecular weight is 375 g/mol. The number of rotatable bonds is 5. The number of thiophene rings is 1. The molecule has 1 aromatic heterocycles. The molecule has 0 N–H and O–H groups in total. The van der Waals surface area contributed by atoms with Gasteiger partial charge in [-0.15, -0.1) is 11.3 Å². The van der Waals surface area contributed by atoms with Crippen molar-refractivity contribution < 1.29 is 9.53 Å². The number of ketones is 1. The third-order valence-corrected chi connectivity index (χ3v) is 4.60. The quantitative estimate of drug-likeness (QED) is 0.364. The molecule has 0 aliphatic heterocycles. The Morgan fingerprint density at radius 3 is 2.42 bits per heavy atom. The van der Waals surface area contributed by atoms with E-state index in [-0.39, 0.29) is 5.78 Å². The smallest absolute Gasteiger partial charge is 0.187 e. The van der Waals surface area contributed by atoms with Gasteiger partial charge in [0, 0.05) is 21.5 Å². The summed E-state index contributed by atoms with van der Waals surface area (Å²) >= 11 is 13.6. The second-order valence-corrected chi connectivity index (χ2v) is 6.73. The van der Waals surface area contributed by atoms with Crippen molar-refractivity contribution in [2.75, 3.05) is 0 Å². The molecule has 0 aliphatic carbocycles. The van der Waals surface area contributed by atoms with E-state index in [1.165, 1.54) is 6.08 Å². The van der Waals surface area contributed by atoms with E-state index in [4.69, 9.17) is 27.9 Å². The zero-order valence-corrected chi connectivity index (χ0v) is 14.7. The summed E-state index contributed by atoms with van der Waals surface area (Å²) in [4.78, 5) is 13.3. The van der Waals surface area contributed by atoms with E-state index in [1.807, 2.05) is 17.5 Å². The van der Waals surface area contributed by atoms with Crippen LogP contribution in [0.4, 0.5) is 0 Å². The van der Waals surface area contributed by atoms with Crippen LogP contribution >= 0.6 is 34.5 Å². The van der Waals surface area contributed by atoms with Gasteiger partial charge in [-0.1, -0.05) is 29.3 Å². The highest BCUT2D eigenvalue weighted by Gasteiger charge is 2.09. The molecule has 0 amide bonds. The second-order valence-electron chi connectivity index (χ2n) is 4.91. The van der Waals surface area contributed by atoms with Gasteiger partial charge >= 0.3 is 0 Å². The molecule has 0 saturated carbocycles. The number of hydrogen-bond donors (Lipinski definition) is 0. The van der Waals surface area contributed by atoms with Crippen LogP contribution in [0.15, 0.2) is 66.1 Å². The van der Waals surface area contributed by atoms with E-state index < -0.39 is 0 Å². The third kappa shape index (κ3) is 4.26. The minimum atomic E-state index is -0.147. The summed E-state index contributed by atoms with van der Waals surface area (Å²) in [6.07, 6.45) is 3.30. The summed E-state index contributed by atoms with van der Waals surface area (Å²) in [5.74, 6) is 1.06. The van der Waals surface area contributed by atoms with Crippen LogP contribution in [0.5, 0.6) is 11.5 Å². The zero-order valence-electron chi connectivity index (χ0n) is 12.4. The molecule has 2 nitrogen and oxygen atoms in total.